The van der Waals surface area contributed by atoms with Gasteiger partial charge in [0.1, 0.15) is 4.83 Å². The molecule has 3 aromatic heterocycles. The van der Waals surface area contributed by atoms with Gasteiger partial charge in [0, 0.05) is 48.2 Å². The normalized spacial score (nSPS) is 22.0. The summed E-state index contributed by atoms with van der Waals surface area (Å²) in [5.74, 6) is 2.25. The van der Waals surface area contributed by atoms with E-state index in [1.807, 2.05) is 11.6 Å². The second-order valence-electron chi connectivity index (χ2n) is 9.67. The van der Waals surface area contributed by atoms with Crippen molar-refractivity contribution in [3.8, 4) is 10.7 Å². The fraction of sp³-hybridized carbons (Fsp3) is 0.458. The fourth-order valence-corrected chi connectivity index (χ4v) is 7.64. The molecule has 6 nitrogen and oxygen atoms in total. The van der Waals surface area contributed by atoms with Crippen LogP contribution in [0.1, 0.15) is 24.1 Å². The van der Waals surface area contributed by atoms with Gasteiger partial charge in [-0.05, 0) is 49.1 Å². The molecule has 1 saturated heterocycles. The number of nitrogens with zero attached hydrogens (tertiary/aromatic N) is 6. The summed E-state index contributed by atoms with van der Waals surface area (Å²) in [4.78, 5) is 3.70. The van der Waals surface area contributed by atoms with E-state index < -0.39 is 11.9 Å². The highest BCUT2D eigenvalue weighted by atomic mass is 79.9. The molecule has 2 atom stereocenters. The molecule has 0 bridgehead atoms. The molecule has 0 spiro atoms. The summed E-state index contributed by atoms with van der Waals surface area (Å²) in [6.07, 6.45) is -2.16. The number of thiophene rings is 1. The minimum Gasteiger partial charge on any atom is -0.304 e. The molecule has 2 fully saturated rings. The van der Waals surface area contributed by atoms with E-state index in [1.54, 1.807) is 11.8 Å². The number of likely N-dealkylation sites (tertiary alicyclic amines) is 1. The van der Waals surface area contributed by atoms with Gasteiger partial charge in [-0.2, -0.15) is 18.3 Å². The van der Waals surface area contributed by atoms with Crippen LogP contribution >= 0.6 is 39.0 Å². The average molecular weight is 598 g/mol. The molecule has 0 radical (unpaired) electrons. The monoisotopic (exact) mass is 596 g/mol. The summed E-state index contributed by atoms with van der Waals surface area (Å²) >= 11 is 6.42. The van der Waals surface area contributed by atoms with E-state index in [-0.39, 0.29) is 5.39 Å². The Bertz CT molecular complexity index is 1430. The second kappa shape index (κ2) is 8.85. The van der Waals surface area contributed by atoms with E-state index in [1.165, 1.54) is 41.1 Å². The molecule has 4 aromatic rings. The first kappa shape index (κ1) is 24.4. The molecule has 12 heteroatoms. The lowest BCUT2D eigenvalue weighted by Crippen LogP contribution is -2.27. The largest absolute Gasteiger partial charge is 0.435 e. The number of alkyl halides is 3. The van der Waals surface area contributed by atoms with E-state index in [4.69, 9.17) is 0 Å². The van der Waals surface area contributed by atoms with Crippen molar-refractivity contribution < 1.29 is 13.2 Å². The third-order valence-corrected chi connectivity index (χ3v) is 10.2. The minimum absolute atomic E-state index is 0.103. The number of aryl methyl sites for hydroxylation is 1. The Hall–Kier alpha value is -1.89. The highest BCUT2D eigenvalue weighted by Crippen LogP contribution is 2.59. The number of hydrogen-bond acceptors (Lipinski definition) is 6. The highest BCUT2D eigenvalue weighted by molar-refractivity contribution is 9.10. The topological polar surface area (TPSA) is 51.8 Å². The van der Waals surface area contributed by atoms with Crippen LogP contribution in [0.15, 0.2) is 40.0 Å². The van der Waals surface area contributed by atoms with E-state index in [9.17, 15) is 13.2 Å². The highest BCUT2D eigenvalue weighted by Gasteiger charge is 2.60. The van der Waals surface area contributed by atoms with Gasteiger partial charge in [-0.3, -0.25) is 4.68 Å². The van der Waals surface area contributed by atoms with Crippen molar-refractivity contribution in [3.63, 3.8) is 0 Å². The maximum absolute atomic E-state index is 13.3. The fourth-order valence-electron chi connectivity index (χ4n) is 5.45. The Labute approximate surface area is 223 Å². The van der Waals surface area contributed by atoms with E-state index in [2.05, 4.69) is 60.4 Å². The van der Waals surface area contributed by atoms with Gasteiger partial charge in [0.15, 0.2) is 16.7 Å². The molecule has 2 aliphatic rings. The molecule has 0 N–H and O–H groups in total. The second-order valence-corrected chi connectivity index (χ2v) is 12.7. The molecule has 36 heavy (non-hydrogen) atoms. The zero-order chi connectivity index (χ0) is 25.2. The predicted octanol–water partition coefficient (Wildman–Crippen LogP) is 5.97. The van der Waals surface area contributed by atoms with Gasteiger partial charge in [-0.1, -0.05) is 39.8 Å². The van der Waals surface area contributed by atoms with Crippen LogP contribution in [0.25, 0.3) is 20.9 Å². The van der Waals surface area contributed by atoms with Gasteiger partial charge in [-0.25, -0.2) is 0 Å². The third kappa shape index (κ3) is 4.19. The zero-order valence-corrected chi connectivity index (χ0v) is 22.9. The molecule has 4 heterocycles. The van der Waals surface area contributed by atoms with Crippen LogP contribution < -0.4 is 0 Å². The number of benzene rings is 1. The minimum atomic E-state index is -4.49. The smallest absolute Gasteiger partial charge is 0.304 e. The predicted molar refractivity (Wildman–Crippen MR) is 139 cm³/mol. The third-order valence-electron chi connectivity index (χ3n) is 7.32. The number of aromatic nitrogens is 5. The Morgan fingerprint density at radius 2 is 1.97 bits per heavy atom. The summed E-state index contributed by atoms with van der Waals surface area (Å²) < 4.78 is 44.3. The molecule has 1 aliphatic carbocycles. The lowest BCUT2D eigenvalue weighted by atomic mass is 9.95. The SMILES string of the molecule is Cn1c(SCCCN2C[C@H]3C[C@]3(c3ccc(Br)cc3)C2)nnc1-c1cc2c(C(F)(F)F)nn(C)c2s1. The standard InChI is InChI=1S/C24H24BrF3N6S2/c1-32-20(18-10-17-19(24(26,27)28)31-33(2)21(17)36-18)29-30-22(32)35-9-3-8-34-12-15-11-23(15,13-34)14-4-6-16(25)7-5-14/h4-7,10,15H,3,8-9,11-13H2,1-2H3/t15-,23-/m1/s1. The van der Waals surface area contributed by atoms with Crippen molar-refractivity contribution in [3.05, 3.63) is 46.1 Å². The van der Waals surface area contributed by atoms with Crippen LogP contribution in [0, 0.1) is 5.92 Å². The number of hydrogen-bond donors (Lipinski definition) is 0. The number of fused-ring (bicyclic) bond motifs is 2. The molecule has 1 aliphatic heterocycles. The van der Waals surface area contributed by atoms with Crippen molar-refractivity contribution in [1.29, 1.82) is 0 Å². The number of rotatable bonds is 7. The van der Waals surface area contributed by atoms with E-state index in [0.29, 0.717) is 20.9 Å². The van der Waals surface area contributed by atoms with Crippen molar-refractivity contribution in [2.45, 2.75) is 29.6 Å². The van der Waals surface area contributed by atoms with E-state index in [0.717, 1.165) is 47.4 Å². The Kier molecular flexibility index (Phi) is 6.01. The van der Waals surface area contributed by atoms with Crippen LogP contribution in [0.4, 0.5) is 13.2 Å². The van der Waals surface area contributed by atoms with Crippen molar-refractivity contribution in [2.24, 2.45) is 20.0 Å². The zero-order valence-electron chi connectivity index (χ0n) is 19.7. The number of halogens is 4. The molecular formula is C24H24BrF3N6S2. The Balaban J connectivity index is 1.06. The lowest BCUT2D eigenvalue weighted by Gasteiger charge is -2.21. The average Bonchev–Trinajstić information content (AvgIpc) is 3.22. The summed E-state index contributed by atoms with van der Waals surface area (Å²) in [6.45, 7) is 3.34. The Morgan fingerprint density at radius 1 is 1.19 bits per heavy atom. The van der Waals surface area contributed by atoms with Crippen LogP contribution in [0.5, 0.6) is 0 Å². The van der Waals surface area contributed by atoms with Gasteiger partial charge in [0.2, 0.25) is 0 Å². The van der Waals surface area contributed by atoms with Gasteiger partial charge < -0.3 is 9.47 Å². The quantitative estimate of drug-likeness (QED) is 0.194. The molecule has 0 amide bonds. The van der Waals surface area contributed by atoms with Gasteiger partial charge >= 0.3 is 6.18 Å². The van der Waals surface area contributed by atoms with Gasteiger partial charge in [0.05, 0.1) is 4.88 Å². The van der Waals surface area contributed by atoms with Gasteiger partial charge in [0.25, 0.3) is 0 Å². The van der Waals surface area contributed by atoms with Crippen LogP contribution in [0.2, 0.25) is 0 Å². The lowest BCUT2D eigenvalue weighted by molar-refractivity contribution is -0.140. The molecule has 6 rings (SSSR count). The van der Waals surface area contributed by atoms with Crippen molar-refractivity contribution in [1.82, 2.24) is 29.4 Å². The molecule has 190 valence electrons. The van der Waals surface area contributed by atoms with Crippen molar-refractivity contribution in [2.75, 3.05) is 25.4 Å². The maximum atomic E-state index is 13.3. The van der Waals surface area contributed by atoms with Crippen LogP contribution in [-0.2, 0) is 25.7 Å². The first-order valence-electron chi connectivity index (χ1n) is 11.7. The van der Waals surface area contributed by atoms with Crippen LogP contribution in [0.3, 0.4) is 0 Å². The van der Waals surface area contributed by atoms with Gasteiger partial charge in [-0.15, -0.1) is 21.5 Å². The maximum Gasteiger partial charge on any atom is 0.435 e. The number of thioether (sulfide) groups is 1. The van der Waals surface area contributed by atoms with E-state index >= 15 is 0 Å². The van der Waals surface area contributed by atoms with Crippen molar-refractivity contribution >= 4 is 49.2 Å². The molecule has 1 aromatic carbocycles. The Morgan fingerprint density at radius 3 is 2.72 bits per heavy atom. The summed E-state index contributed by atoms with van der Waals surface area (Å²) in [6, 6.07) is 10.3. The first-order valence-corrected chi connectivity index (χ1v) is 14.3. The summed E-state index contributed by atoms with van der Waals surface area (Å²) in [7, 11) is 3.39. The molecular weight excluding hydrogens is 573 g/mol. The first-order chi connectivity index (χ1) is 17.2. The summed E-state index contributed by atoms with van der Waals surface area (Å²) in [5, 5.41) is 13.1. The summed E-state index contributed by atoms with van der Waals surface area (Å²) in [5.41, 5.74) is 0.942. The van der Waals surface area contributed by atoms with Crippen LogP contribution in [-0.4, -0.2) is 54.8 Å². The molecule has 1 saturated carbocycles. The number of piperidine rings is 1. The molecule has 0 unspecified atom stereocenters.